The van der Waals surface area contributed by atoms with Gasteiger partial charge >= 0.3 is 0 Å². The topological polar surface area (TPSA) is 29.5 Å². The summed E-state index contributed by atoms with van der Waals surface area (Å²) in [4.78, 5) is 0. The lowest BCUT2D eigenvalue weighted by atomic mass is 10.8. The Hall–Kier alpha value is 0.137. The third kappa shape index (κ3) is 6.14. The molecule has 3 heteroatoms. The average Bonchev–Trinajstić information content (AvgIpc) is 1.69. The standard InChI is InChI=1S/C4H12O2Si/c1-2-7-6-4-3-5/h5H,2-4,7H2,1H3. The molecule has 0 aromatic heterocycles. The molecule has 0 heterocycles. The minimum absolute atomic E-state index is 0.174. The molecule has 0 amide bonds. The second-order valence-electron chi connectivity index (χ2n) is 1.34. The van der Waals surface area contributed by atoms with Crippen LogP contribution in [0, 0.1) is 0 Å². The van der Waals surface area contributed by atoms with E-state index in [-0.39, 0.29) is 16.4 Å². The molecule has 0 bridgehead atoms. The van der Waals surface area contributed by atoms with Gasteiger partial charge < -0.3 is 9.53 Å². The highest BCUT2D eigenvalue weighted by molar-refractivity contribution is 6.26. The van der Waals surface area contributed by atoms with Crippen molar-refractivity contribution in [2.24, 2.45) is 0 Å². The second-order valence-corrected chi connectivity index (χ2v) is 3.15. The highest BCUT2D eigenvalue weighted by Gasteiger charge is 1.80. The zero-order chi connectivity index (χ0) is 5.54. The predicted octanol–water partition coefficient (Wildman–Crippen LogP) is -0.483. The molecule has 0 fully saturated rings. The smallest absolute Gasteiger partial charge is 0.161 e. The molecule has 44 valence electrons. The van der Waals surface area contributed by atoms with Gasteiger partial charge in [0.05, 0.1) is 13.2 Å². The van der Waals surface area contributed by atoms with Crippen LogP contribution in [0.25, 0.3) is 0 Å². The Morgan fingerprint density at radius 3 is 2.86 bits per heavy atom. The Kier molecular flexibility index (Phi) is 6.26. The molecule has 0 aliphatic carbocycles. The van der Waals surface area contributed by atoms with Gasteiger partial charge in [0.2, 0.25) is 0 Å². The molecular weight excluding hydrogens is 108 g/mol. The largest absolute Gasteiger partial charge is 0.422 e. The highest BCUT2D eigenvalue weighted by atomic mass is 28.2. The molecule has 0 spiro atoms. The van der Waals surface area contributed by atoms with Gasteiger partial charge in [0, 0.05) is 0 Å². The average molecular weight is 120 g/mol. The van der Waals surface area contributed by atoms with Crippen molar-refractivity contribution in [2.75, 3.05) is 13.2 Å². The molecule has 0 saturated heterocycles. The maximum absolute atomic E-state index is 8.19. The molecule has 0 aliphatic heterocycles. The summed E-state index contributed by atoms with van der Waals surface area (Å²) in [7, 11) is -0.249. The predicted molar refractivity (Wildman–Crippen MR) is 32.1 cm³/mol. The van der Waals surface area contributed by atoms with Crippen LogP contribution in [0.4, 0.5) is 0 Å². The van der Waals surface area contributed by atoms with Crippen molar-refractivity contribution in [2.45, 2.75) is 13.0 Å². The number of aliphatic hydroxyl groups excluding tert-OH is 1. The van der Waals surface area contributed by atoms with E-state index in [1.54, 1.807) is 0 Å². The van der Waals surface area contributed by atoms with Crippen LogP contribution in [0.5, 0.6) is 0 Å². The van der Waals surface area contributed by atoms with Crippen LogP contribution in [0.3, 0.4) is 0 Å². The van der Waals surface area contributed by atoms with Crippen molar-refractivity contribution in [3.8, 4) is 0 Å². The van der Waals surface area contributed by atoms with Gasteiger partial charge in [0.1, 0.15) is 0 Å². The minimum atomic E-state index is -0.249. The number of hydrogen-bond acceptors (Lipinski definition) is 2. The fourth-order valence-corrected chi connectivity index (χ4v) is 0.933. The van der Waals surface area contributed by atoms with Crippen LogP contribution < -0.4 is 0 Å². The molecule has 0 aliphatic rings. The third-order valence-corrected chi connectivity index (χ3v) is 1.57. The van der Waals surface area contributed by atoms with Crippen molar-refractivity contribution in [1.29, 1.82) is 0 Å². The molecule has 7 heavy (non-hydrogen) atoms. The van der Waals surface area contributed by atoms with Gasteiger partial charge in [-0.15, -0.1) is 0 Å². The molecule has 0 unspecified atom stereocenters. The summed E-state index contributed by atoms with van der Waals surface area (Å²) in [6, 6.07) is 1.17. The van der Waals surface area contributed by atoms with Gasteiger partial charge in [-0.05, 0) is 6.04 Å². The molecule has 0 aromatic carbocycles. The first-order valence-electron chi connectivity index (χ1n) is 2.60. The summed E-state index contributed by atoms with van der Waals surface area (Å²) in [6.07, 6.45) is 0. The van der Waals surface area contributed by atoms with Crippen LogP contribution in [0.15, 0.2) is 0 Å². The summed E-state index contributed by atoms with van der Waals surface area (Å²) in [5, 5.41) is 8.19. The third-order valence-electron chi connectivity index (χ3n) is 0.584. The molecule has 0 aromatic rings. The maximum Gasteiger partial charge on any atom is 0.161 e. The first kappa shape index (κ1) is 7.14. The van der Waals surface area contributed by atoms with Crippen LogP contribution in [-0.2, 0) is 4.43 Å². The Labute approximate surface area is 46.4 Å². The van der Waals surface area contributed by atoms with Gasteiger partial charge in [-0.25, -0.2) is 0 Å². The van der Waals surface area contributed by atoms with E-state index in [1.165, 1.54) is 6.04 Å². The van der Waals surface area contributed by atoms with Crippen molar-refractivity contribution in [1.82, 2.24) is 0 Å². The summed E-state index contributed by atoms with van der Waals surface area (Å²) >= 11 is 0. The Morgan fingerprint density at radius 2 is 2.43 bits per heavy atom. The first-order valence-corrected chi connectivity index (χ1v) is 4.18. The van der Waals surface area contributed by atoms with Gasteiger partial charge in [-0.2, -0.15) is 0 Å². The highest BCUT2D eigenvalue weighted by Crippen LogP contribution is 1.74. The van der Waals surface area contributed by atoms with E-state index in [4.69, 9.17) is 9.53 Å². The van der Waals surface area contributed by atoms with E-state index < -0.39 is 0 Å². The van der Waals surface area contributed by atoms with E-state index in [9.17, 15) is 0 Å². The first-order chi connectivity index (χ1) is 3.41. The van der Waals surface area contributed by atoms with E-state index in [1.807, 2.05) is 0 Å². The minimum Gasteiger partial charge on any atom is -0.422 e. The number of aliphatic hydroxyl groups is 1. The van der Waals surface area contributed by atoms with Crippen molar-refractivity contribution in [3.05, 3.63) is 0 Å². The zero-order valence-corrected chi connectivity index (χ0v) is 6.10. The second kappa shape index (κ2) is 6.14. The Balaban J connectivity index is 2.45. The lowest BCUT2D eigenvalue weighted by Crippen LogP contribution is -2.01. The van der Waals surface area contributed by atoms with Gasteiger partial charge in [-0.3, -0.25) is 0 Å². The van der Waals surface area contributed by atoms with E-state index in [2.05, 4.69) is 6.92 Å². The van der Waals surface area contributed by atoms with Crippen molar-refractivity contribution < 1.29 is 9.53 Å². The lowest BCUT2D eigenvalue weighted by Gasteiger charge is -1.94. The maximum atomic E-state index is 8.19. The Morgan fingerprint density at radius 1 is 1.71 bits per heavy atom. The normalized spacial score (nSPS) is 11.1. The molecule has 0 atom stereocenters. The summed E-state index contributed by atoms with van der Waals surface area (Å²) in [6.45, 7) is 2.82. The summed E-state index contributed by atoms with van der Waals surface area (Å²) < 4.78 is 5.02. The van der Waals surface area contributed by atoms with Gasteiger partial charge in [0.25, 0.3) is 0 Å². The van der Waals surface area contributed by atoms with Crippen LogP contribution in [0.1, 0.15) is 6.92 Å². The Bertz CT molecular complexity index is 28.9. The van der Waals surface area contributed by atoms with Gasteiger partial charge in [-0.1, -0.05) is 6.92 Å². The van der Waals surface area contributed by atoms with Crippen LogP contribution in [-0.4, -0.2) is 28.1 Å². The zero-order valence-electron chi connectivity index (χ0n) is 4.68. The van der Waals surface area contributed by atoms with Crippen LogP contribution >= 0.6 is 0 Å². The molecule has 0 radical (unpaired) electrons. The fourth-order valence-electron chi connectivity index (χ4n) is 0.311. The summed E-state index contributed by atoms with van der Waals surface area (Å²) in [5.41, 5.74) is 0. The number of rotatable bonds is 4. The molecule has 2 nitrogen and oxygen atoms in total. The lowest BCUT2D eigenvalue weighted by molar-refractivity contribution is 0.207. The molecular formula is C4H12O2Si. The van der Waals surface area contributed by atoms with Gasteiger partial charge in [0.15, 0.2) is 9.76 Å². The van der Waals surface area contributed by atoms with Crippen molar-refractivity contribution >= 4 is 9.76 Å². The van der Waals surface area contributed by atoms with E-state index in [0.717, 1.165) is 0 Å². The SMILES string of the molecule is CC[SiH2]OCCO. The summed E-state index contributed by atoms with van der Waals surface area (Å²) in [5.74, 6) is 0. The molecule has 0 saturated carbocycles. The van der Waals surface area contributed by atoms with Crippen LogP contribution in [0.2, 0.25) is 6.04 Å². The fraction of sp³-hybridized carbons (Fsp3) is 1.00. The molecule has 0 rings (SSSR count). The monoisotopic (exact) mass is 120 g/mol. The van der Waals surface area contributed by atoms with E-state index >= 15 is 0 Å². The quantitative estimate of drug-likeness (QED) is 0.401. The number of hydrogen-bond donors (Lipinski definition) is 1. The van der Waals surface area contributed by atoms with Crippen molar-refractivity contribution in [3.63, 3.8) is 0 Å². The molecule has 1 N–H and O–H groups in total. The van der Waals surface area contributed by atoms with E-state index in [0.29, 0.717) is 6.61 Å².